The summed E-state index contributed by atoms with van der Waals surface area (Å²) >= 11 is 6.44. The number of aromatic nitrogens is 7. The maximum atomic E-state index is 12.8. The predicted octanol–water partition coefficient (Wildman–Crippen LogP) is 1.86. The van der Waals surface area contributed by atoms with Crippen molar-refractivity contribution in [2.45, 2.75) is 39.7 Å². The second kappa shape index (κ2) is 12.5. The smallest absolute Gasteiger partial charge is 0.461 e. The number of carbonyl (C=O) groups is 1. The zero-order valence-corrected chi connectivity index (χ0v) is 24.9. The molecule has 2 aromatic carbocycles. The van der Waals surface area contributed by atoms with Gasteiger partial charge in [-0.15, -0.1) is 0 Å². The number of carbonyl (C=O) groups excluding carboxylic acids is 1. The average molecular weight is 542 g/mol. The number of imidazole rings is 1. The molecule has 9 nitrogen and oxygen atoms in total. The van der Waals surface area contributed by atoms with Crippen LogP contribution in [0.15, 0.2) is 54.7 Å². The molecule has 184 valence electrons. The molecule has 0 saturated carbocycles. The van der Waals surface area contributed by atoms with Gasteiger partial charge in [-0.3, -0.25) is 10.3 Å². The molecule has 0 fully saturated rings. The van der Waals surface area contributed by atoms with Gasteiger partial charge in [-0.05, 0) is 37.1 Å². The van der Waals surface area contributed by atoms with Crippen LogP contribution < -0.4 is 56.5 Å². The van der Waals surface area contributed by atoms with Crippen LogP contribution in [0.25, 0.3) is 28.0 Å². The van der Waals surface area contributed by atoms with Crippen LogP contribution in [-0.4, -0.2) is 42.2 Å². The SMILES string of the molecule is CCCCc1nc(Cl)c(C(=O)OCC)n1Cc1cccc2c1ccn2-c1ccccc1-c1nnn[n-]1.[K+]. The number of aryl methyl sites for hydroxylation is 1. The molecule has 3 heterocycles. The van der Waals surface area contributed by atoms with E-state index in [1.54, 1.807) is 6.92 Å². The number of fused-ring (bicyclic) bond motifs is 1. The second-order valence-electron chi connectivity index (χ2n) is 8.33. The molecule has 0 radical (unpaired) electrons. The minimum Gasteiger partial charge on any atom is -0.461 e. The zero-order chi connectivity index (χ0) is 25.1. The van der Waals surface area contributed by atoms with Crippen molar-refractivity contribution in [3.8, 4) is 17.1 Å². The summed E-state index contributed by atoms with van der Waals surface area (Å²) in [6.07, 6.45) is 4.69. The number of halogens is 1. The first-order valence-corrected chi connectivity index (χ1v) is 12.3. The largest absolute Gasteiger partial charge is 1.00 e. The topological polar surface area (TPSA) is 102 Å². The summed E-state index contributed by atoms with van der Waals surface area (Å²) in [5.74, 6) is 0.782. The summed E-state index contributed by atoms with van der Waals surface area (Å²) < 4.78 is 9.28. The Morgan fingerprint density at radius 2 is 1.95 bits per heavy atom. The number of hydrogen-bond acceptors (Lipinski definition) is 6. The Morgan fingerprint density at radius 1 is 1.11 bits per heavy atom. The van der Waals surface area contributed by atoms with Crippen LogP contribution in [0, 0.1) is 0 Å². The van der Waals surface area contributed by atoms with Crippen molar-refractivity contribution >= 4 is 28.5 Å². The van der Waals surface area contributed by atoms with Gasteiger partial charge in [0, 0.05) is 29.4 Å². The maximum absolute atomic E-state index is 12.8. The molecule has 0 unspecified atom stereocenters. The van der Waals surface area contributed by atoms with Crippen LogP contribution in [0.1, 0.15) is 48.6 Å². The number of para-hydroxylation sites is 1. The van der Waals surface area contributed by atoms with Crippen LogP contribution in [0.3, 0.4) is 0 Å². The fourth-order valence-corrected chi connectivity index (χ4v) is 4.71. The number of unbranched alkanes of at least 4 members (excludes halogenated alkanes) is 1. The summed E-state index contributed by atoms with van der Waals surface area (Å²) in [7, 11) is 0. The van der Waals surface area contributed by atoms with Gasteiger partial charge in [0.25, 0.3) is 0 Å². The molecule has 0 amide bonds. The van der Waals surface area contributed by atoms with Crippen LogP contribution in [0.5, 0.6) is 0 Å². The maximum Gasteiger partial charge on any atom is 1.00 e. The van der Waals surface area contributed by atoms with E-state index in [0.717, 1.165) is 52.8 Å². The molecular weight excluding hydrogens is 517 g/mol. The van der Waals surface area contributed by atoms with Gasteiger partial charge in [-0.2, -0.15) is 5.21 Å². The van der Waals surface area contributed by atoms with E-state index in [-0.39, 0.29) is 63.1 Å². The molecule has 0 aliphatic heterocycles. The third kappa shape index (κ3) is 5.59. The molecule has 0 aliphatic carbocycles. The number of esters is 1. The number of tetrazole rings is 1. The van der Waals surface area contributed by atoms with E-state index in [2.05, 4.69) is 55.3 Å². The Morgan fingerprint density at radius 3 is 2.70 bits per heavy atom. The quantitative estimate of drug-likeness (QED) is 0.207. The van der Waals surface area contributed by atoms with Crippen LogP contribution in [0.2, 0.25) is 5.15 Å². The van der Waals surface area contributed by atoms with Crippen molar-refractivity contribution in [3.63, 3.8) is 0 Å². The number of hydrogen-bond donors (Lipinski definition) is 0. The van der Waals surface area contributed by atoms with E-state index in [1.165, 1.54) is 0 Å². The standard InChI is InChI=1S/C26H25ClN7O2.K/c1-3-5-13-22-28-24(27)23(26(35)36-4-2)34(22)16-17-9-8-12-20-18(17)14-15-33(20)21-11-7-6-10-19(21)25-29-31-32-30-25;/h6-12,14-15H,3-5,13,16H2,1-2H3;/q-1;+1. The van der Waals surface area contributed by atoms with Crippen molar-refractivity contribution in [2.75, 3.05) is 6.61 Å². The third-order valence-electron chi connectivity index (χ3n) is 6.10. The van der Waals surface area contributed by atoms with Gasteiger partial charge < -0.3 is 19.0 Å². The van der Waals surface area contributed by atoms with Gasteiger partial charge in [0.05, 0.1) is 24.4 Å². The van der Waals surface area contributed by atoms with Gasteiger partial charge in [-0.25, -0.2) is 9.78 Å². The molecule has 3 aromatic heterocycles. The molecule has 5 rings (SSSR count). The fraction of sp³-hybridized carbons (Fsp3) is 0.269. The minimum atomic E-state index is -0.465. The Bertz CT molecular complexity index is 1510. The molecular formula is C26H25ClKN7O2. The van der Waals surface area contributed by atoms with E-state index in [9.17, 15) is 4.79 Å². The predicted molar refractivity (Wildman–Crippen MR) is 136 cm³/mol. The van der Waals surface area contributed by atoms with Crippen molar-refractivity contribution in [3.05, 3.63) is 77.0 Å². The summed E-state index contributed by atoms with van der Waals surface area (Å²) in [5.41, 5.74) is 4.08. The minimum absolute atomic E-state index is 0. The number of benzene rings is 2. The molecule has 0 N–H and O–H groups in total. The second-order valence-corrected chi connectivity index (χ2v) is 8.69. The fourth-order valence-electron chi connectivity index (χ4n) is 4.43. The Hall–Kier alpha value is -2.34. The average Bonchev–Trinajstić information content (AvgIpc) is 3.63. The van der Waals surface area contributed by atoms with E-state index >= 15 is 0 Å². The molecule has 0 saturated heterocycles. The van der Waals surface area contributed by atoms with Gasteiger partial charge in [-0.1, -0.05) is 55.3 Å². The molecule has 0 atom stereocenters. The van der Waals surface area contributed by atoms with Crippen LogP contribution >= 0.6 is 11.6 Å². The molecule has 0 aliphatic rings. The Kier molecular flexibility index (Phi) is 9.33. The zero-order valence-electron chi connectivity index (χ0n) is 21.1. The summed E-state index contributed by atoms with van der Waals surface area (Å²) in [5, 5.41) is 16.6. The molecule has 0 spiro atoms. The molecule has 0 bridgehead atoms. The first kappa shape index (κ1) is 27.7. The molecule has 5 aromatic rings. The van der Waals surface area contributed by atoms with Crippen LogP contribution in [0.4, 0.5) is 0 Å². The van der Waals surface area contributed by atoms with Crippen molar-refractivity contribution in [2.24, 2.45) is 0 Å². The van der Waals surface area contributed by atoms with Gasteiger partial charge in [0.1, 0.15) is 5.82 Å². The number of nitrogens with zero attached hydrogens (tertiary/aromatic N) is 7. The van der Waals surface area contributed by atoms with Crippen LogP contribution in [-0.2, 0) is 17.7 Å². The molecule has 37 heavy (non-hydrogen) atoms. The summed E-state index contributed by atoms with van der Waals surface area (Å²) in [4.78, 5) is 17.3. The van der Waals surface area contributed by atoms with E-state index in [1.807, 2.05) is 41.1 Å². The van der Waals surface area contributed by atoms with Gasteiger partial charge in [0.15, 0.2) is 10.8 Å². The van der Waals surface area contributed by atoms with E-state index in [4.69, 9.17) is 16.3 Å². The monoisotopic (exact) mass is 541 g/mol. The number of rotatable bonds is 9. The number of ether oxygens (including phenoxy) is 1. The van der Waals surface area contributed by atoms with Gasteiger partial charge >= 0.3 is 57.4 Å². The van der Waals surface area contributed by atoms with Crippen molar-refractivity contribution in [1.29, 1.82) is 0 Å². The van der Waals surface area contributed by atoms with Crippen molar-refractivity contribution in [1.82, 2.24) is 34.7 Å². The van der Waals surface area contributed by atoms with E-state index in [0.29, 0.717) is 18.1 Å². The first-order valence-electron chi connectivity index (χ1n) is 11.9. The van der Waals surface area contributed by atoms with Gasteiger partial charge in [0.2, 0.25) is 0 Å². The third-order valence-corrected chi connectivity index (χ3v) is 6.37. The van der Waals surface area contributed by atoms with E-state index < -0.39 is 5.97 Å². The summed E-state index contributed by atoms with van der Waals surface area (Å²) in [6, 6.07) is 16.0. The Labute approximate surface area is 262 Å². The molecule has 11 heteroatoms. The first-order chi connectivity index (χ1) is 17.6. The van der Waals surface area contributed by atoms with Crippen molar-refractivity contribution < 1.29 is 60.9 Å². The normalized spacial score (nSPS) is 11.0. The summed E-state index contributed by atoms with van der Waals surface area (Å²) in [6.45, 7) is 4.60. The Balaban J connectivity index is 0.00000320.